The zero-order valence-electron chi connectivity index (χ0n) is 14.5. The Bertz CT molecular complexity index is 871. The second-order valence-corrected chi connectivity index (χ2v) is 5.97. The Morgan fingerprint density at radius 3 is 2.92 bits per heavy atom. The van der Waals surface area contributed by atoms with Crippen LogP contribution >= 0.6 is 0 Å². The molecule has 0 aliphatic rings. The maximum Gasteiger partial charge on any atom is 0.185 e. The van der Waals surface area contributed by atoms with Gasteiger partial charge in [0.25, 0.3) is 0 Å². The molecule has 0 aliphatic heterocycles. The topological polar surface area (TPSA) is 64.4 Å². The highest BCUT2D eigenvalue weighted by Gasteiger charge is 2.13. The van der Waals surface area contributed by atoms with Crippen molar-refractivity contribution in [3.63, 3.8) is 0 Å². The number of nitrogens with zero attached hydrogens (tertiary/aromatic N) is 1. The number of nitrogens with one attached hydrogen (secondary N) is 1. The fraction of sp³-hybridized carbons (Fsp3) is 0.300. The summed E-state index contributed by atoms with van der Waals surface area (Å²) in [4.78, 5) is 15.3. The molecule has 0 unspecified atom stereocenters. The van der Waals surface area contributed by atoms with E-state index in [0.717, 1.165) is 48.2 Å². The lowest BCUT2D eigenvalue weighted by Crippen LogP contribution is -2.17. The first-order valence-electron chi connectivity index (χ1n) is 8.42. The maximum absolute atomic E-state index is 11.0. The predicted octanol–water partition coefficient (Wildman–Crippen LogP) is 3.82. The van der Waals surface area contributed by atoms with Crippen LogP contribution < -0.4 is 10.1 Å². The molecule has 1 N–H and O–H groups in total. The van der Waals surface area contributed by atoms with E-state index in [0.29, 0.717) is 18.0 Å². The molecule has 5 heteroatoms. The van der Waals surface area contributed by atoms with Crippen LogP contribution in [0.5, 0.6) is 5.75 Å². The van der Waals surface area contributed by atoms with Gasteiger partial charge in [-0.3, -0.25) is 9.78 Å². The average Bonchev–Trinajstić information content (AvgIpc) is 2.96. The third kappa shape index (κ3) is 3.88. The number of hydrogen-bond donors (Lipinski definition) is 1. The molecule has 5 nitrogen and oxygen atoms in total. The minimum Gasteiger partial charge on any atom is -0.493 e. The van der Waals surface area contributed by atoms with Crippen molar-refractivity contribution < 1.29 is 13.9 Å². The fourth-order valence-electron chi connectivity index (χ4n) is 2.82. The van der Waals surface area contributed by atoms with E-state index >= 15 is 0 Å². The summed E-state index contributed by atoms with van der Waals surface area (Å²) in [5, 5.41) is 4.28. The van der Waals surface area contributed by atoms with Crippen molar-refractivity contribution in [3.8, 4) is 5.75 Å². The van der Waals surface area contributed by atoms with Crippen LogP contribution in [0.3, 0.4) is 0 Å². The molecule has 0 amide bonds. The van der Waals surface area contributed by atoms with Gasteiger partial charge in [0.1, 0.15) is 11.3 Å². The molecule has 0 aliphatic carbocycles. The van der Waals surface area contributed by atoms with Crippen LogP contribution in [-0.4, -0.2) is 24.4 Å². The quantitative estimate of drug-likeness (QED) is 0.500. The largest absolute Gasteiger partial charge is 0.493 e. The summed E-state index contributed by atoms with van der Waals surface area (Å²) >= 11 is 0. The summed E-state index contributed by atoms with van der Waals surface area (Å²) in [6.07, 6.45) is 3.43. The van der Waals surface area contributed by atoms with E-state index in [1.807, 2.05) is 38.1 Å². The normalized spacial score (nSPS) is 11.0. The van der Waals surface area contributed by atoms with E-state index in [-0.39, 0.29) is 0 Å². The van der Waals surface area contributed by atoms with Crippen LogP contribution in [0.1, 0.15) is 33.8 Å². The van der Waals surface area contributed by atoms with E-state index < -0.39 is 0 Å². The number of benzene rings is 1. The van der Waals surface area contributed by atoms with Gasteiger partial charge in [0.2, 0.25) is 0 Å². The summed E-state index contributed by atoms with van der Waals surface area (Å²) in [7, 11) is 0. The molecular weight excluding hydrogens is 316 g/mol. The van der Waals surface area contributed by atoms with Gasteiger partial charge in [0.05, 0.1) is 12.0 Å². The van der Waals surface area contributed by atoms with Crippen molar-refractivity contribution >= 4 is 17.3 Å². The molecule has 25 heavy (non-hydrogen) atoms. The van der Waals surface area contributed by atoms with Gasteiger partial charge in [-0.2, -0.15) is 0 Å². The highest BCUT2D eigenvalue weighted by molar-refractivity contribution is 5.93. The zero-order valence-corrected chi connectivity index (χ0v) is 14.5. The van der Waals surface area contributed by atoms with Crippen molar-refractivity contribution in [2.75, 3.05) is 13.2 Å². The minimum absolute atomic E-state index is 0.361. The molecule has 0 atom stereocenters. The maximum atomic E-state index is 11.0. The van der Waals surface area contributed by atoms with Crippen molar-refractivity contribution in [2.24, 2.45) is 0 Å². The van der Waals surface area contributed by atoms with E-state index in [4.69, 9.17) is 9.15 Å². The number of carbonyl (C=O) groups excluding carboxylic acids is 1. The lowest BCUT2D eigenvalue weighted by Gasteiger charge is -2.09. The lowest BCUT2D eigenvalue weighted by molar-refractivity contribution is 0.110. The predicted molar refractivity (Wildman–Crippen MR) is 97.1 cm³/mol. The molecule has 3 aromatic rings. The second kappa shape index (κ2) is 7.94. The summed E-state index contributed by atoms with van der Waals surface area (Å²) in [5.74, 6) is 1.12. The van der Waals surface area contributed by atoms with Gasteiger partial charge in [0, 0.05) is 24.0 Å². The van der Waals surface area contributed by atoms with Crippen LogP contribution in [0, 0.1) is 13.8 Å². The minimum atomic E-state index is 0.361. The number of pyridine rings is 1. The number of ether oxygens (including phenoxy) is 1. The monoisotopic (exact) mass is 338 g/mol. The first-order valence-corrected chi connectivity index (χ1v) is 8.42. The molecule has 0 saturated carbocycles. The number of fused-ring (bicyclic) bond motifs is 1. The van der Waals surface area contributed by atoms with Crippen LogP contribution in [0.2, 0.25) is 0 Å². The number of aromatic nitrogens is 1. The molecule has 0 saturated heterocycles. The first-order chi connectivity index (χ1) is 12.2. The molecule has 2 aromatic heterocycles. The number of furan rings is 1. The van der Waals surface area contributed by atoms with Crippen LogP contribution in [-0.2, 0) is 6.54 Å². The number of aldehydes is 1. The van der Waals surface area contributed by atoms with Gasteiger partial charge >= 0.3 is 0 Å². The van der Waals surface area contributed by atoms with Crippen LogP contribution in [0.25, 0.3) is 11.0 Å². The van der Waals surface area contributed by atoms with Gasteiger partial charge in [-0.15, -0.1) is 0 Å². The third-order valence-electron chi connectivity index (χ3n) is 4.25. The highest BCUT2D eigenvalue weighted by Crippen LogP contribution is 2.32. The molecule has 0 spiro atoms. The Kier molecular flexibility index (Phi) is 5.46. The van der Waals surface area contributed by atoms with E-state index in [2.05, 4.69) is 16.4 Å². The van der Waals surface area contributed by atoms with Gasteiger partial charge in [-0.25, -0.2) is 0 Å². The van der Waals surface area contributed by atoms with Gasteiger partial charge < -0.3 is 14.5 Å². The number of carbonyl (C=O) groups is 1. The summed E-state index contributed by atoms with van der Waals surface area (Å²) in [6, 6.07) is 9.66. The molecule has 0 radical (unpaired) electrons. The van der Waals surface area contributed by atoms with Crippen LogP contribution in [0.4, 0.5) is 0 Å². The van der Waals surface area contributed by atoms with Crippen molar-refractivity contribution in [3.05, 3.63) is 59.1 Å². The molecule has 0 fully saturated rings. The van der Waals surface area contributed by atoms with Gasteiger partial charge in [-0.05, 0) is 50.6 Å². The Hall–Kier alpha value is -2.66. The number of rotatable bonds is 8. The molecule has 3 rings (SSSR count). The molecule has 130 valence electrons. The highest BCUT2D eigenvalue weighted by atomic mass is 16.5. The SMILES string of the molecule is Cc1ncccc1CNCCCOc1cccc2oc(C=O)c(C)c12. The van der Waals surface area contributed by atoms with Crippen molar-refractivity contribution in [2.45, 2.75) is 26.8 Å². The summed E-state index contributed by atoms with van der Waals surface area (Å²) in [6.45, 7) is 6.15. The lowest BCUT2D eigenvalue weighted by atomic mass is 10.1. The fourth-order valence-corrected chi connectivity index (χ4v) is 2.82. The van der Waals surface area contributed by atoms with Crippen molar-refractivity contribution in [1.82, 2.24) is 10.3 Å². The molecule has 0 bridgehead atoms. The molecule has 2 heterocycles. The van der Waals surface area contributed by atoms with Crippen LogP contribution in [0.15, 0.2) is 40.9 Å². The van der Waals surface area contributed by atoms with E-state index in [1.54, 1.807) is 6.20 Å². The number of aryl methyl sites for hydroxylation is 2. The Morgan fingerprint density at radius 1 is 1.24 bits per heavy atom. The molecular formula is C20H22N2O3. The Balaban J connectivity index is 1.51. The summed E-state index contributed by atoms with van der Waals surface area (Å²) < 4.78 is 11.4. The van der Waals surface area contributed by atoms with Gasteiger partial charge in [0.15, 0.2) is 12.0 Å². The standard InChI is InChI=1S/C20H22N2O3/c1-14-19(13-23)25-18-8-3-7-17(20(14)18)24-11-5-9-21-12-16-6-4-10-22-15(16)2/h3-4,6-8,10,13,21H,5,9,11-12H2,1-2H3. The Labute approximate surface area is 147 Å². The first kappa shape index (κ1) is 17.2. The van der Waals surface area contributed by atoms with Gasteiger partial charge in [-0.1, -0.05) is 12.1 Å². The Morgan fingerprint density at radius 2 is 2.12 bits per heavy atom. The van der Waals surface area contributed by atoms with E-state index in [1.165, 1.54) is 5.56 Å². The smallest absolute Gasteiger partial charge is 0.185 e. The molecule has 1 aromatic carbocycles. The third-order valence-corrected chi connectivity index (χ3v) is 4.25. The zero-order chi connectivity index (χ0) is 17.6. The summed E-state index contributed by atoms with van der Waals surface area (Å²) in [5.41, 5.74) is 3.77. The second-order valence-electron chi connectivity index (χ2n) is 5.97. The average molecular weight is 338 g/mol. The number of hydrogen-bond acceptors (Lipinski definition) is 5. The van der Waals surface area contributed by atoms with Crippen molar-refractivity contribution in [1.29, 1.82) is 0 Å². The van der Waals surface area contributed by atoms with E-state index in [9.17, 15) is 4.79 Å².